The van der Waals surface area contributed by atoms with Crippen molar-refractivity contribution in [2.24, 2.45) is 0 Å². The summed E-state index contributed by atoms with van der Waals surface area (Å²) in [5, 5.41) is 12.9. The molecular formula is C14H14N2O4. The van der Waals surface area contributed by atoms with E-state index in [9.17, 15) is 9.59 Å². The normalized spacial score (nSPS) is 10.2. The summed E-state index contributed by atoms with van der Waals surface area (Å²) in [6, 6.07) is 9.21. The molecule has 0 bridgehead atoms. The van der Waals surface area contributed by atoms with Gasteiger partial charge in [0, 0.05) is 6.07 Å². The maximum absolute atomic E-state index is 11.5. The van der Waals surface area contributed by atoms with Gasteiger partial charge in [-0.1, -0.05) is 0 Å². The Labute approximate surface area is 115 Å². The zero-order valence-corrected chi connectivity index (χ0v) is 10.9. The smallest absolute Gasteiger partial charge is 0.335 e. The van der Waals surface area contributed by atoms with Gasteiger partial charge in [0.25, 0.3) is 5.56 Å². The zero-order chi connectivity index (χ0) is 14.5. The topological polar surface area (TPSA) is 81.4 Å². The summed E-state index contributed by atoms with van der Waals surface area (Å²) in [7, 11) is 0. The Hall–Kier alpha value is -2.63. The molecule has 0 saturated carbocycles. The Morgan fingerprint density at radius 3 is 2.60 bits per heavy atom. The first-order chi connectivity index (χ1) is 9.56. The molecule has 0 fully saturated rings. The summed E-state index contributed by atoms with van der Waals surface area (Å²) < 4.78 is 6.78. The second kappa shape index (κ2) is 6.01. The van der Waals surface area contributed by atoms with Crippen molar-refractivity contribution in [3.05, 3.63) is 58.0 Å². The number of aromatic carboxylic acids is 1. The minimum atomic E-state index is -0.980. The fourth-order valence-corrected chi connectivity index (χ4v) is 1.65. The van der Waals surface area contributed by atoms with Crippen molar-refractivity contribution in [3.8, 4) is 5.75 Å². The van der Waals surface area contributed by atoms with Crippen LogP contribution in [-0.4, -0.2) is 27.5 Å². The second-order valence-corrected chi connectivity index (χ2v) is 4.21. The van der Waals surface area contributed by atoms with Gasteiger partial charge in [0.15, 0.2) is 0 Å². The van der Waals surface area contributed by atoms with Crippen LogP contribution in [0.25, 0.3) is 0 Å². The fourth-order valence-electron chi connectivity index (χ4n) is 1.65. The molecule has 0 aliphatic rings. The van der Waals surface area contributed by atoms with Crippen LogP contribution in [0, 0.1) is 6.92 Å². The van der Waals surface area contributed by atoms with Crippen LogP contribution in [0.5, 0.6) is 5.75 Å². The highest BCUT2D eigenvalue weighted by molar-refractivity contribution is 5.87. The molecule has 1 heterocycles. The molecule has 0 unspecified atom stereocenters. The van der Waals surface area contributed by atoms with Gasteiger partial charge in [0.1, 0.15) is 12.4 Å². The van der Waals surface area contributed by atoms with Crippen LogP contribution in [0.2, 0.25) is 0 Å². The van der Waals surface area contributed by atoms with Gasteiger partial charge in [-0.2, -0.15) is 5.10 Å². The van der Waals surface area contributed by atoms with E-state index in [0.29, 0.717) is 12.3 Å². The van der Waals surface area contributed by atoms with E-state index in [1.807, 2.05) is 0 Å². The van der Waals surface area contributed by atoms with Crippen molar-refractivity contribution in [2.75, 3.05) is 6.61 Å². The molecule has 104 valence electrons. The second-order valence-electron chi connectivity index (χ2n) is 4.21. The third-order valence-corrected chi connectivity index (χ3v) is 2.67. The maximum atomic E-state index is 11.5. The maximum Gasteiger partial charge on any atom is 0.335 e. The van der Waals surface area contributed by atoms with Crippen LogP contribution < -0.4 is 10.3 Å². The van der Waals surface area contributed by atoms with E-state index in [-0.39, 0.29) is 17.7 Å². The molecule has 0 radical (unpaired) electrons. The molecule has 6 nitrogen and oxygen atoms in total. The van der Waals surface area contributed by atoms with Gasteiger partial charge >= 0.3 is 5.97 Å². The minimum absolute atomic E-state index is 0.180. The van der Waals surface area contributed by atoms with Crippen molar-refractivity contribution in [1.82, 2.24) is 9.78 Å². The van der Waals surface area contributed by atoms with Crippen LogP contribution >= 0.6 is 0 Å². The van der Waals surface area contributed by atoms with Crippen LogP contribution in [-0.2, 0) is 6.54 Å². The van der Waals surface area contributed by atoms with Gasteiger partial charge < -0.3 is 9.84 Å². The molecule has 0 atom stereocenters. The first kappa shape index (κ1) is 13.8. The molecule has 2 aromatic rings. The van der Waals surface area contributed by atoms with Crippen molar-refractivity contribution in [2.45, 2.75) is 13.5 Å². The molecule has 6 heteroatoms. The lowest BCUT2D eigenvalue weighted by atomic mass is 10.2. The summed E-state index contributed by atoms with van der Waals surface area (Å²) >= 11 is 0. The number of aromatic nitrogens is 2. The zero-order valence-electron chi connectivity index (χ0n) is 10.9. The molecule has 20 heavy (non-hydrogen) atoms. The lowest BCUT2D eigenvalue weighted by molar-refractivity contribution is 0.0697. The van der Waals surface area contributed by atoms with Crippen molar-refractivity contribution in [1.29, 1.82) is 0 Å². The minimum Gasteiger partial charge on any atom is -0.492 e. The predicted molar refractivity (Wildman–Crippen MR) is 72.1 cm³/mol. The Balaban J connectivity index is 1.94. The molecule has 1 aromatic carbocycles. The van der Waals surface area contributed by atoms with E-state index < -0.39 is 5.97 Å². The largest absolute Gasteiger partial charge is 0.492 e. The molecule has 0 spiro atoms. The number of carboxylic acid groups (broad SMARTS) is 1. The Kier molecular flexibility index (Phi) is 4.14. The number of hydrogen-bond acceptors (Lipinski definition) is 4. The number of carbonyl (C=O) groups is 1. The van der Waals surface area contributed by atoms with Gasteiger partial charge in [-0.15, -0.1) is 0 Å². The molecule has 0 amide bonds. The summed E-state index contributed by atoms with van der Waals surface area (Å²) in [6.07, 6.45) is 0. The van der Waals surface area contributed by atoms with Crippen LogP contribution in [0.4, 0.5) is 0 Å². The third-order valence-electron chi connectivity index (χ3n) is 2.67. The summed E-state index contributed by atoms with van der Waals surface area (Å²) in [4.78, 5) is 22.2. The van der Waals surface area contributed by atoms with E-state index in [1.165, 1.54) is 22.9 Å². The molecule has 0 aliphatic heterocycles. The van der Waals surface area contributed by atoms with Crippen LogP contribution in [0.1, 0.15) is 16.1 Å². The molecule has 0 aliphatic carbocycles. The SMILES string of the molecule is Cc1ccc(=O)n(CCOc2ccc(C(=O)O)cc2)n1. The van der Waals surface area contributed by atoms with E-state index in [2.05, 4.69) is 5.10 Å². The monoisotopic (exact) mass is 274 g/mol. The highest BCUT2D eigenvalue weighted by Gasteiger charge is 2.03. The first-order valence-electron chi connectivity index (χ1n) is 6.07. The van der Waals surface area contributed by atoms with E-state index in [0.717, 1.165) is 5.69 Å². The number of aryl methyl sites for hydroxylation is 1. The Morgan fingerprint density at radius 1 is 1.25 bits per heavy atom. The fraction of sp³-hybridized carbons (Fsp3) is 0.214. The molecule has 1 N–H and O–H groups in total. The number of rotatable bonds is 5. The number of carboxylic acids is 1. The van der Waals surface area contributed by atoms with Gasteiger partial charge in [-0.25, -0.2) is 9.48 Å². The first-order valence-corrected chi connectivity index (χ1v) is 6.07. The highest BCUT2D eigenvalue weighted by Crippen LogP contribution is 2.12. The lowest BCUT2D eigenvalue weighted by Gasteiger charge is -2.08. The molecule has 0 saturated heterocycles. The third kappa shape index (κ3) is 3.44. The predicted octanol–water partition coefficient (Wildman–Crippen LogP) is 1.33. The Bertz CT molecular complexity index is 662. The van der Waals surface area contributed by atoms with Crippen molar-refractivity contribution >= 4 is 5.97 Å². The van der Waals surface area contributed by atoms with E-state index in [1.54, 1.807) is 25.1 Å². The average molecular weight is 274 g/mol. The van der Waals surface area contributed by atoms with Crippen molar-refractivity contribution in [3.63, 3.8) is 0 Å². The van der Waals surface area contributed by atoms with Crippen LogP contribution in [0.3, 0.4) is 0 Å². The molecule has 1 aromatic heterocycles. The van der Waals surface area contributed by atoms with Crippen LogP contribution in [0.15, 0.2) is 41.2 Å². The number of nitrogens with zero attached hydrogens (tertiary/aromatic N) is 2. The Morgan fingerprint density at radius 2 is 1.95 bits per heavy atom. The van der Waals surface area contributed by atoms with Gasteiger partial charge in [-0.3, -0.25) is 4.79 Å². The quantitative estimate of drug-likeness (QED) is 0.889. The number of benzene rings is 1. The number of ether oxygens (including phenoxy) is 1. The van der Waals surface area contributed by atoms with Gasteiger partial charge in [0.05, 0.1) is 17.8 Å². The summed E-state index contributed by atoms with van der Waals surface area (Å²) in [6.45, 7) is 2.42. The van der Waals surface area contributed by atoms with E-state index in [4.69, 9.17) is 9.84 Å². The number of hydrogen-bond donors (Lipinski definition) is 1. The van der Waals surface area contributed by atoms with Gasteiger partial charge in [0.2, 0.25) is 0 Å². The molecule has 2 rings (SSSR count). The average Bonchev–Trinajstić information content (AvgIpc) is 2.43. The lowest BCUT2D eigenvalue weighted by Crippen LogP contribution is -2.25. The van der Waals surface area contributed by atoms with Crippen molar-refractivity contribution < 1.29 is 14.6 Å². The van der Waals surface area contributed by atoms with E-state index >= 15 is 0 Å². The standard InChI is InChI=1S/C14H14N2O4/c1-10-2-7-13(17)16(15-10)8-9-20-12-5-3-11(4-6-12)14(18)19/h2-7H,8-9H2,1H3,(H,18,19). The summed E-state index contributed by atoms with van der Waals surface area (Å²) in [5.74, 6) is -0.428. The van der Waals surface area contributed by atoms with Gasteiger partial charge in [-0.05, 0) is 37.3 Å². The summed E-state index contributed by atoms with van der Waals surface area (Å²) in [5.41, 5.74) is 0.782. The highest BCUT2D eigenvalue weighted by atomic mass is 16.5. The molecular weight excluding hydrogens is 260 g/mol.